The molecule has 1 aromatic heterocycles. The monoisotopic (exact) mass is 199 g/mol. The first-order valence-electron chi connectivity index (χ1n) is 4.96. The first-order chi connectivity index (χ1) is 6.59. The number of alkyl halides is 1. The van der Waals surface area contributed by atoms with Crippen LogP contribution < -0.4 is 5.73 Å². The third-order valence-corrected chi connectivity index (χ3v) is 2.34. The van der Waals surface area contributed by atoms with Gasteiger partial charge in [0.2, 0.25) is 0 Å². The van der Waals surface area contributed by atoms with E-state index in [0.717, 1.165) is 12.0 Å². The van der Waals surface area contributed by atoms with Crippen molar-refractivity contribution in [1.82, 2.24) is 9.78 Å². The third kappa shape index (κ3) is 2.80. The lowest BCUT2D eigenvalue weighted by Gasteiger charge is -2.22. The molecule has 1 unspecified atom stereocenters. The first kappa shape index (κ1) is 11.2. The summed E-state index contributed by atoms with van der Waals surface area (Å²) < 4.78 is 15.7. The predicted octanol–water partition coefficient (Wildman–Crippen LogP) is 1.43. The Hall–Kier alpha value is -0.900. The summed E-state index contributed by atoms with van der Waals surface area (Å²) in [6, 6.07) is 0. The molecule has 3 nitrogen and oxygen atoms in total. The summed E-state index contributed by atoms with van der Waals surface area (Å²) >= 11 is 0. The van der Waals surface area contributed by atoms with Crippen molar-refractivity contribution in [2.45, 2.75) is 31.9 Å². The summed E-state index contributed by atoms with van der Waals surface area (Å²) in [7, 11) is 1.83. The zero-order chi connectivity index (χ0) is 10.6. The highest BCUT2D eigenvalue weighted by atomic mass is 19.1. The number of hydrogen-bond acceptors (Lipinski definition) is 2. The van der Waals surface area contributed by atoms with Gasteiger partial charge in [-0.05, 0) is 12.0 Å². The van der Waals surface area contributed by atoms with Crippen molar-refractivity contribution >= 4 is 0 Å². The van der Waals surface area contributed by atoms with Gasteiger partial charge in [-0.1, -0.05) is 13.3 Å². The van der Waals surface area contributed by atoms with E-state index >= 15 is 0 Å². The molecule has 1 atom stereocenters. The Morgan fingerprint density at radius 3 is 2.79 bits per heavy atom. The summed E-state index contributed by atoms with van der Waals surface area (Å²) in [5.41, 5.74) is 5.09. The molecule has 4 heteroatoms. The summed E-state index contributed by atoms with van der Waals surface area (Å²) in [4.78, 5) is 0. The second-order valence-corrected chi connectivity index (χ2v) is 3.80. The predicted molar refractivity (Wildman–Crippen MR) is 54.7 cm³/mol. The lowest BCUT2D eigenvalue weighted by Crippen LogP contribution is -2.35. The van der Waals surface area contributed by atoms with Crippen molar-refractivity contribution in [2.24, 2.45) is 12.8 Å². The van der Waals surface area contributed by atoms with Gasteiger partial charge in [0.15, 0.2) is 0 Å². The van der Waals surface area contributed by atoms with Gasteiger partial charge >= 0.3 is 0 Å². The van der Waals surface area contributed by atoms with Gasteiger partial charge in [0, 0.05) is 26.2 Å². The second kappa shape index (κ2) is 4.55. The normalized spacial score (nSPS) is 15.4. The fourth-order valence-electron chi connectivity index (χ4n) is 1.64. The van der Waals surface area contributed by atoms with Gasteiger partial charge < -0.3 is 5.73 Å². The Morgan fingerprint density at radius 1 is 1.64 bits per heavy atom. The molecule has 0 aliphatic carbocycles. The van der Waals surface area contributed by atoms with Crippen molar-refractivity contribution in [3.05, 3.63) is 18.0 Å². The molecule has 0 radical (unpaired) electrons. The van der Waals surface area contributed by atoms with Crippen LogP contribution in [-0.4, -0.2) is 22.0 Å². The number of nitrogens with zero attached hydrogens (tertiary/aromatic N) is 2. The molecular weight excluding hydrogens is 181 g/mol. The summed E-state index contributed by atoms with van der Waals surface area (Å²) in [6.45, 7) is 2.04. The van der Waals surface area contributed by atoms with Gasteiger partial charge in [-0.25, -0.2) is 4.39 Å². The van der Waals surface area contributed by atoms with Crippen LogP contribution in [0, 0.1) is 0 Å². The lowest BCUT2D eigenvalue weighted by molar-refractivity contribution is 0.158. The minimum atomic E-state index is -1.27. The molecule has 1 heterocycles. The first-order valence-corrected chi connectivity index (χ1v) is 4.96. The smallest absolute Gasteiger partial charge is 0.127 e. The molecular formula is C10H18FN3. The molecule has 14 heavy (non-hydrogen) atoms. The van der Waals surface area contributed by atoms with Crippen LogP contribution in [0.5, 0.6) is 0 Å². The average molecular weight is 199 g/mol. The molecule has 0 amide bonds. The van der Waals surface area contributed by atoms with Gasteiger partial charge in [0.25, 0.3) is 0 Å². The van der Waals surface area contributed by atoms with Crippen molar-refractivity contribution in [2.75, 3.05) is 6.54 Å². The Morgan fingerprint density at radius 2 is 2.36 bits per heavy atom. The van der Waals surface area contributed by atoms with Gasteiger partial charge in [-0.3, -0.25) is 4.68 Å². The summed E-state index contributed by atoms with van der Waals surface area (Å²) in [5.74, 6) is 0. The van der Waals surface area contributed by atoms with E-state index < -0.39 is 5.67 Å². The zero-order valence-electron chi connectivity index (χ0n) is 8.83. The summed E-state index contributed by atoms with van der Waals surface area (Å²) in [5, 5.41) is 4.00. The minimum Gasteiger partial charge on any atom is -0.328 e. The van der Waals surface area contributed by atoms with Crippen LogP contribution >= 0.6 is 0 Å². The largest absolute Gasteiger partial charge is 0.328 e. The topological polar surface area (TPSA) is 43.8 Å². The van der Waals surface area contributed by atoms with Crippen molar-refractivity contribution in [3.63, 3.8) is 0 Å². The van der Waals surface area contributed by atoms with E-state index in [4.69, 9.17) is 5.73 Å². The number of hydrogen-bond donors (Lipinski definition) is 1. The van der Waals surface area contributed by atoms with Crippen molar-refractivity contribution in [1.29, 1.82) is 0 Å². The van der Waals surface area contributed by atoms with Crippen LogP contribution in [0.15, 0.2) is 12.4 Å². The number of aryl methyl sites for hydroxylation is 1. The van der Waals surface area contributed by atoms with E-state index in [1.54, 1.807) is 10.9 Å². The van der Waals surface area contributed by atoms with E-state index in [9.17, 15) is 4.39 Å². The molecule has 1 rings (SSSR count). The van der Waals surface area contributed by atoms with E-state index in [1.807, 2.05) is 20.2 Å². The maximum atomic E-state index is 14.1. The molecule has 0 aromatic carbocycles. The quantitative estimate of drug-likeness (QED) is 0.779. The molecule has 0 saturated carbocycles. The van der Waals surface area contributed by atoms with Crippen molar-refractivity contribution in [3.8, 4) is 0 Å². The van der Waals surface area contributed by atoms with Gasteiger partial charge in [0.1, 0.15) is 5.67 Å². The van der Waals surface area contributed by atoms with Crippen LogP contribution in [-0.2, 0) is 13.5 Å². The van der Waals surface area contributed by atoms with Crippen molar-refractivity contribution < 1.29 is 4.39 Å². The zero-order valence-corrected chi connectivity index (χ0v) is 8.83. The van der Waals surface area contributed by atoms with Gasteiger partial charge in [-0.2, -0.15) is 5.10 Å². The van der Waals surface area contributed by atoms with Crippen LogP contribution in [0.4, 0.5) is 4.39 Å². The van der Waals surface area contributed by atoms with E-state index in [1.165, 1.54) is 0 Å². The second-order valence-electron chi connectivity index (χ2n) is 3.80. The molecule has 0 aliphatic heterocycles. The molecule has 1 aromatic rings. The minimum absolute atomic E-state index is 0.0791. The standard InChI is InChI=1S/C10H18FN3/c1-3-4-10(11,8-12)5-9-6-13-14(2)7-9/h6-7H,3-5,8,12H2,1-2H3. The van der Waals surface area contributed by atoms with Gasteiger partial charge in [0.05, 0.1) is 6.20 Å². The van der Waals surface area contributed by atoms with E-state index in [-0.39, 0.29) is 6.54 Å². The highest BCUT2D eigenvalue weighted by Gasteiger charge is 2.27. The van der Waals surface area contributed by atoms with E-state index in [2.05, 4.69) is 5.10 Å². The Kier molecular flexibility index (Phi) is 3.63. The molecule has 0 bridgehead atoms. The third-order valence-electron chi connectivity index (χ3n) is 2.34. The Labute approximate surface area is 84.1 Å². The lowest BCUT2D eigenvalue weighted by atomic mass is 9.93. The maximum absolute atomic E-state index is 14.1. The molecule has 0 spiro atoms. The van der Waals surface area contributed by atoms with Crippen LogP contribution in [0.3, 0.4) is 0 Å². The van der Waals surface area contributed by atoms with Crippen LogP contribution in [0.2, 0.25) is 0 Å². The molecule has 0 fully saturated rings. The number of rotatable bonds is 5. The number of halogens is 1. The number of nitrogens with two attached hydrogens (primary N) is 1. The van der Waals surface area contributed by atoms with E-state index in [0.29, 0.717) is 12.8 Å². The molecule has 80 valence electrons. The van der Waals surface area contributed by atoms with Gasteiger partial charge in [-0.15, -0.1) is 0 Å². The fraction of sp³-hybridized carbons (Fsp3) is 0.700. The average Bonchev–Trinajstić information content (AvgIpc) is 2.51. The Bertz CT molecular complexity index is 285. The molecule has 2 N–H and O–H groups in total. The Balaban J connectivity index is 2.64. The van der Waals surface area contributed by atoms with Crippen LogP contribution in [0.1, 0.15) is 25.3 Å². The summed E-state index contributed by atoms with van der Waals surface area (Å²) in [6.07, 6.45) is 5.22. The highest BCUT2D eigenvalue weighted by Crippen LogP contribution is 2.22. The van der Waals surface area contributed by atoms with Crippen LogP contribution in [0.25, 0.3) is 0 Å². The molecule has 0 aliphatic rings. The maximum Gasteiger partial charge on any atom is 0.127 e. The SMILES string of the molecule is CCCC(F)(CN)Cc1cnn(C)c1. The molecule has 0 saturated heterocycles. The fourth-order valence-corrected chi connectivity index (χ4v) is 1.64. The number of aromatic nitrogens is 2. The highest BCUT2D eigenvalue weighted by molar-refractivity contribution is 5.08.